The van der Waals surface area contributed by atoms with Crippen LogP contribution in [0.3, 0.4) is 0 Å². The second kappa shape index (κ2) is 5.77. The van der Waals surface area contributed by atoms with Crippen molar-refractivity contribution in [2.45, 2.75) is 12.8 Å². The molecule has 24 heavy (non-hydrogen) atoms. The van der Waals surface area contributed by atoms with E-state index >= 15 is 0 Å². The first-order valence-electron chi connectivity index (χ1n) is 7.13. The van der Waals surface area contributed by atoms with Crippen LogP contribution in [0.4, 0.5) is 22.0 Å². The molecule has 1 amide bonds. The monoisotopic (exact) mass is 334 g/mol. The fraction of sp³-hybridized carbons (Fsp3) is 0.308. The average Bonchev–Trinajstić information content (AvgIpc) is 3.06. The van der Waals surface area contributed by atoms with E-state index in [0.717, 1.165) is 12.8 Å². The van der Waals surface area contributed by atoms with Crippen LogP contribution in [-0.4, -0.2) is 39.2 Å². The summed E-state index contributed by atoms with van der Waals surface area (Å²) in [7, 11) is 0. The van der Waals surface area contributed by atoms with Gasteiger partial charge in [0, 0.05) is 24.5 Å². The number of rotatable bonds is 3. The van der Waals surface area contributed by atoms with Gasteiger partial charge in [-0.2, -0.15) is 9.99 Å². The number of hydrazine groups is 1. The number of amides is 1. The molecule has 0 spiro atoms. The zero-order valence-corrected chi connectivity index (χ0v) is 12.4. The number of nitro benzene ring substituents is 1. The molecule has 0 radical (unpaired) electrons. The molecule has 1 aliphatic rings. The lowest BCUT2D eigenvalue weighted by Crippen LogP contribution is -2.38. The van der Waals surface area contributed by atoms with Gasteiger partial charge in [-0.05, 0) is 18.9 Å². The van der Waals surface area contributed by atoms with Crippen LogP contribution in [0.25, 0.3) is 10.9 Å². The summed E-state index contributed by atoms with van der Waals surface area (Å²) in [6.45, 7) is 1.31. The van der Waals surface area contributed by atoms with Crippen molar-refractivity contribution < 1.29 is 14.8 Å². The summed E-state index contributed by atoms with van der Waals surface area (Å²) >= 11 is 0. The van der Waals surface area contributed by atoms with Gasteiger partial charge in [-0.1, -0.05) is 0 Å². The Hall–Kier alpha value is -3.21. The highest BCUT2D eigenvalue weighted by Gasteiger charge is 2.26. The van der Waals surface area contributed by atoms with Crippen molar-refractivity contribution in [1.82, 2.24) is 9.97 Å². The Morgan fingerprint density at radius 3 is 2.67 bits per heavy atom. The SMILES string of the molecule is NN(C(=O)O)c1nc(=O)[nH]c2cc([N+](=O)[O-])c(N3CCCC3)cc12. The van der Waals surface area contributed by atoms with E-state index in [2.05, 4.69) is 9.97 Å². The number of anilines is 2. The number of aromatic amines is 1. The Morgan fingerprint density at radius 2 is 2.08 bits per heavy atom. The lowest BCUT2D eigenvalue weighted by Gasteiger charge is -2.19. The number of benzene rings is 1. The average molecular weight is 334 g/mol. The van der Waals surface area contributed by atoms with Crippen LogP contribution in [0.1, 0.15) is 12.8 Å². The van der Waals surface area contributed by atoms with Crippen molar-refractivity contribution >= 4 is 34.2 Å². The molecule has 1 aliphatic heterocycles. The number of nitro groups is 1. The molecule has 0 saturated carbocycles. The lowest BCUT2D eigenvalue weighted by molar-refractivity contribution is -0.384. The molecule has 2 heterocycles. The number of nitrogens with two attached hydrogens (primary N) is 1. The van der Waals surface area contributed by atoms with Crippen molar-refractivity contribution in [3.05, 3.63) is 32.7 Å². The van der Waals surface area contributed by atoms with Crippen molar-refractivity contribution in [3.63, 3.8) is 0 Å². The van der Waals surface area contributed by atoms with Gasteiger partial charge in [0.2, 0.25) is 0 Å². The third kappa shape index (κ3) is 2.60. The van der Waals surface area contributed by atoms with Gasteiger partial charge in [-0.25, -0.2) is 15.4 Å². The first-order valence-corrected chi connectivity index (χ1v) is 7.13. The normalized spacial score (nSPS) is 14.1. The van der Waals surface area contributed by atoms with Gasteiger partial charge >= 0.3 is 11.8 Å². The predicted octanol–water partition coefficient (Wildman–Crippen LogP) is 0.790. The first-order chi connectivity index (χ1) is 11.4. The minimum atomic E-state index is -1.50. The molecule has 1 fully saturated rings. The predicted molar refractivity (Wildman–Crippen MR) is 85.2 cm³/mol. The topological polar surface area (TPSA) is 159 Å². The van der Waals surface area contributed by atoms with E-state index in [-0.39, 0.29) is 22.4 Å². The van der Waals surface area contributed by atoms with Gasteiger partial charge in [0.15, 0.2) is 5.82 Å². The fourth-order valence-corrected chi connectivity index (χ4v) is 2.80. The number of carboxylic acid groups (broad SMARTS) is 1. The molecule has 11 nitrogen and oxygen atoms in total. The third-order valence-corrected chi connectivity index (χ3v) is 3.88. The van der Waals surface area contributed by atoms with Crippen molar-refractivity contribution in [2.75, 3.05) is 23.0 Å². The Kier molecular flexibility index (Phi) is 3.77. The van der Waals surface area contributed by atoms with Crippen molar-refractivity contribution in [3.8, 4) is 0 Å². The molecule has 2 aromatic rings. The number of aromatic nitrogens is 2. The number of carbonyl (C=O) groups is 1. The number of nitrogens with one attached hydrogen (secondary N) is 1. The maximum Gasteiger partial charge on any atom is 0.427 e. The standard InChI is InChI=1S/C13H14N6O5/c14-18(13(21)22)11-7-5-9(17-3-1-2-4-17)10(19(23)24)6-8(7)15-12(20)16-11/h5-6H,1-4,14H2,(H,21,22)(H,15,16,20). The molecule has 126 valence electrons. The molecule has 1 saturated heterocycles. The Balaban J connectivity index is 2.30. The first kappa shape index (κ1) is 15.7. The van der Waals surface area contributed by atoms with Crippen LogP contribution in [-0.2, 0) is 0 Å². The molecule has 0 unspecified atom stereocenters. The minimum Gasteiger partial charge on any atom is -0.464 e. The van der Waals surface area contributed by atoms with E-state index in [9.17, 15) is 19.7 Å². The number of fused-ring (bicyclic) bond motifs is 1. The smallest absolute Gasteiger partial charge is 0.427 e. The Bertz CT molecular complexity index is 888. The molecule has 0 bridgehead atoms. The van der Waals surface area contributed by atoms with E-state index in [1.165, 1.54) is 12.1 Å². The van der Waals surface area contributed by atoms with Gasteiger partial charge in [0.25, 0.3) is 5.69 Å². The van der Waals surface area contributed by atoms with E-state index in [0.29, 0.717) is 23.8 Å². The largest absolute Gasteiger partial charge is 0.464 e. The number of hydrogen-bond acceptors (Lipinski definition) is 7. The van der Waals surface area contributed by atoms with Gasteiger partial charge in [0.1, 0.15) is 5.69 Å². The maximum absolute atomic E-state index is 11.6. The van der Waals surface area contributed by atoms with Crippen LogP contribution in [0.2, 0.25) is 0 Å². The number of nitrogens with zero attached hydrogens (tertiary/aromatic N) is 4. The van der Waals surface area contributed by atoms with Crippen molar-refractivity contribution in [1.29, 1.82) is 0 Å². The van der Waals surface area contributed by atoms with E-state index < -0.39 is 16.7 Å². The lowest BCUT2D eigenvalue weighted by atomic mass is 10.1. The minimum absolute atomic E-state index is 0.0938. The molecule has 1 aromatic heterocycles. The number of hydrogen-bond donors (Lipinski definition) is 3. The van der Waals surface area contributed by atoms with Crippen LogP contribution in [0.15, 0.2) is 16.9 Å². The summed E-state index contributed by atoms with van der Waals surface area (Å²) in [5.74, 6) is 5.16. The van der Waals surface area contributed by atoms with E-state index in [4.69, 9.17) is 10.9 Å². The fourth-order valence-electron chi connectivity index (χ4n) is 2.80. The third-order valence-electron chi connectivity index (χ3n) is 3.88. The zero-order chi connectivity index (χ0) is 17.4. The van der Waals surface area contributed by atoms with Gasteiger partial charge < -0.3 is 15.0 Å². The highest BCUT2D eigenvalue weighted by Crippen LogP contribution is 2.36. The van der Waals surface area contributed by atoms with Crippen LogP contribution < -0.4 is 21.4 Å². The van der Waals surface area contributed by atoms with Gasteiger partial charge in [0.05, 0.1) is 10.4 Å². The van der Waals surface area contributed by atoms with Crippen molar-refractivity contribution in [2.24, 2.45) is 5.84 Å². The van der Waals surface area contributed by atoms with Crippen LogP contribution >= 0.6 is 0 Å². The summed E-state index contributed by atoms with van der Waals surface area (Å²) in [5, 5.41) is 20.9. The van der Waals surface area contributed by atoms with E-state index in [1.54, 1.807) is 0 Å². The zero-order valence-electron chi connectivity index (χ0n) is 12.4. The molecule has 11 heteroatoms. The molecule has 3 rings (SSSR count). The summed E-state index contributed by atoms with van der Waals surface area (Å²) < 4.78 is 0. The Labute approximate surface area is 134 Å². The second-order valence-corrected chi connectivity index (χ2v) is 5.36. The van der Waals surface area contributed by atoms with Gasteiger partial charge in [-0.15, -0.1) is 0 Å². The highest BCUT2D eigenvalue weighted by atomic mass is 16.6. The molecule has 4 N–H and O–H groups in total. The Morgan fingerprint density at radius 1 is 1.42 bits per heavy atom. The van der Waals surface area contributed by atoms with E-state index in [1.807, 2.05) is 4.90 Å². The summed E-state index contributed by atoms with van der Waals surface area (Å²) in [5.41, 5.74) is -0.580. The highest BCUT2D eigenvalue weighted by molar-refractivity contribution is 6.00. The summed E-state index contributed by atoms with van der Waals surface area (Å²) in [6, 6.07) is 2.64. The second-order valence-electron chi connectivity index (χ2n) is 5.36. The summed E-state index contributed by atoms with van der Waals surface area (Å²) in [6.07, 6.45) is 0.309. The number of H-pyrrole nitrogens is 1. The van der Waals surface area contributed by atoms with Gasteiger partial charge in [-0.3, -0.25) is 10.1 Å². The molecule has 1 aromatic carbocycles. The summed E-state index contributed by atoms with van der Waals surface area (Å²) in [4.78, 5) is 41.4. The molecular formula is C13H14N6O5. The molecule has 0 atom stereocenters. The quantitative estimate of drug-likeness (QED) is 0.321. The van der Waals surface area contributed by atoms with Crippen LogP contribution in [0, 0.1) is 10.1 Å². The van der Waals surface area contributed by atoms with Crippen LogP contribution in [0.5, 0.6) is 0 Å². The maximum atomic E-state index is 11.6. The molecule has 0 aliphatic carbocycles. The molecular weight excluding hydrogens is 320 g/mol.